The third kappa shape index (κ3) is 5.31. The lowest BCUT2D eigenvalue weighted by atomic mass is 9.69. The number of carbonyl (C=O) groups excluding carboxylic acids is 2. The summed E-state index contributed by atoms with van der Waals surface area (Å²) in [6, 6.07) is 2.82. The second kappa shape index (κ2) is 10.7. The van der Waals surface area contributed by atoms with Crippen LogP contribution in [-0.4, -0.2) is 46.3 Å². The molecule has 0 aromatic carbocycles. The highest BCUT2D eigenvalue weighted by atomic mass is 32.2. The molecular formula is C27H28F2N6O3S. The van der Waals surface area contributed by atoms with Crippen molar-refractivity contribution in [2.75, 3.05) is 18.6 Å². The number of aromatic nitrogens is 2. The molecule has 2 aromatic rings. The van der Waals surface area contributed by atoms with Crippen LogP contribution in [0.5, 0.6) is 5.75 Å². The lowest BCUT2D eigenvalue weighted by Crippen LogP contribution is -2.50. The number of pyridine rings is 2. The molecule has 9 nitrogen and oxygen atoms in total. The zero-order chi connectivity index (χ0) is 27.1. The average molecular weight is 555 g/mol. The maximum Gasteiger partial charge on any atom is 0.280 e. The summed E-state index contributed by atoms with van der Waals surface area (Å²) in [6.07, 6.45) is 4.83. The third-order valence-electron chi connectivity index (χ3n) is 7.63. The van der Waals surface area contributed by atoms with Crippen LogP contribution in [0.3, 0.4) is 0 Å². The van der Waals surface area contributed by atoms with E-state index in [1.165, 1.54) is 37.3 Å². The molecule has 4 fully saturated rings. The van der Waals surface area contributed by atoms with E-state index in [0.717, 1.165) is 32.1 Å². The molecule has 4 heterocycles. The van der Waals surface area contributed by atoms with Gasteiger partial charge in [-0.2, -0.15) is 0 Å². The summed E-state index contributed by atoms with van der Waals surface area (Å²) in [5.74, 6) is 7.37. The molecule has 2 saturated carbocycles. The normalized spacial score (nSPS) is 25.9. The van der Waals surface area contributed by atoms with E-state index in [1.807, 2.05) is 0 Å². The lowest BCUT2D eigenvalue weighted by Gasteiger charge is -2.43. The number of thioether (sulfide) groups is 1. The van der Waals surface area contributed by atoms with Crippen molar-refractivity contribution in [2.24, 2.45) is 17.8 Å². The summed E-state index contributed by atoms with van der Waals surface area (Å²) in [6.45, 7) is 0.519. The predicted molar refractivity (Wildman–Crippen MR) is 142 cm³/mol. The van der Waals surface area contributed by atoms with E-state index in [2.05, 4.69) is 38.0 Å². The number of hydrogen-bond donors (Lipinski definition) is 3. The van der Waals surface area contributed by atoms with Crippen LogP contribution in [0.4, 0.5) is 14.6 Å². The number of amides is 2. The quantitative estimate of drug-likeness (QED) is 0.466. The molecule has 0 bridgehead atoms. The van der Waals surface area contributed by atoms with Crippen molar-refractivity contribution >= 4 is 29.4 Å². The molecule has 39 heavy (non-hydrogen) atoms. The fraction of sp³-hybridized carbons (Fsp3) is 0.481. The number of nitrogens with one attached hydrogen (secondary N) is 3. The fourth-order valence-corrected chi connectivity index (χ4v) is 5.99. The number of fused-ring (bicyclic) bond motifs is 1. The first-order chi connectivity index (χ1) is 18.9. The third-order valence-corrected chi connectivity index (χ3v) is 8.65. The molecule has 2 aliphatic heterocycles. The maximum atomic E-state index is 13.6. The Morgan fingerprint density at radius 2 is 1.97 bits per heavy atom. The van der Waals surface area contributed by atoms with Gasteiger partial charge in [0.2, 0.25) is 5.91 Å². The van der Waals surface area contributed by atoms with Gasteiger partial charge in [-0.25, -0.2) is 24.6 Å². The Morgan fingerprint density at radius 3 is 2.69 bits per heavy atom. The minimum atomic E-state index is -2.81. The van der Waals surface area contributed by atoms with Crippen LogP contribution < -0.4 is 25.8 Å². The molecule has 0 radical (unpaired) electrons. The van der Waals surface area contributed by atoms with Crippen LogP contribution in [0.15, 0.2) is 24.5 Å². The average Bonchev–Trinajstić information content (AvgIpc) is 3.65. The smallest absolute Gasteiger partial charge is 0.280 e. The summed E-state index contributed by atoms with van der Waals surface area (Å²) >= 11 is 1.42. The molecule has 204 valence electrons. The number of carbonyl (C=O) groups is 2. The molecule has 2 aromatic heterocycles. The van der Waals surface area contributed by atoms with E-state index < -0.39 is 23.5 Å². The topological polar surface area (TPSA) is 108 Å². The number of hydrazine groups is 1. The summed E-state index contributed by atoms with van der Waals surface area (Å²) in [5.41, 5.74) is 5.89. The van der Waals surface area contributed by atoms with Crippen molar-refractivity contribution in [2.45, 2.75) is 49.4 Å². The molecule has 4 atom stereocenters. The van der Waals surface area contributed by atoms with Crippen molar-refractivity contribution in [1.29, 1.82) is 0 Å². The Hall–Kier alpha value is -3.27. The van der Waals surface area contributed by atoms with E-state index in [-0.39, 0.29) is 34.1 Å². The lowest BCUT2D eigenvalue weighted by molar-refractivity contribution is -0.129. The molecule has 2 amide bonds. The van der Waals surface area contributed by atoms with Gasteiger partial charge in [0.05, 0.1) is 18.9 Å². The Balaban J connectivity index is 1.32. The van der Waals surface area contributed by atoms with E-state index in [9.17, 15) is 18.4 Å². The number of ether oxygens (including phenoxy) is 1. The minimum absolute atomic E-state index is 0.0122. The van der Waals surface area contributed by atoms with E-state index in [0.29, 0.717) is 29.8 Å². The maximum absolute atomic E-state index is 13.6. The molecule has 6 rings (SSSR count). The van der Waals surface area contributed by atoms with Gasteiger partial charge in [-0.1, -0.05) is 23.6 Å². The monoisotopic (exact) mass is 554 g/mol. The predicted octanol–water partition coefficient (Wildman–Crippen LogP) is 3.45. The van der Waals surface area contributed by atoms with Gasteiger partial charge in [-0.05, 0) is 50.2 Å². The van der Waals surface area contributed by atoms with Crippen LogP contribution in [0.1, 0.15) is 54.6 Å². The molecule has 2 aliphatic carbocycles. The zero-order valence-corrected chi connectivity index (χ0v) is 22.1. The molecule has 4 unspecified atom stereocenters. The number of methoxy groups -OCH3 is 1. The van der Waals surface area contributed by atoms with Gasteiger partial charge >= 0.3 is 0 Å². The molecule has 3 N–H and O–H groups in total. The number of piperidine rings is 1. The summed E-state index contributed by atoms with van der Waals surface area (Å²) in [7, 11) is 1.41. The van der Waals surface area contributed by atoms with Crippen LogP contribution in [0, 0.1) is 29.6 Å². The second-order valence-corrected chi connectivity index (χ2v) is 11.4. The van der Waals surface area contributed by atoms with Crippen LogP contribution in [-0.2, 0) is 4.79 Å². The van der Waals surface area contributed by atoms with E-state index in [4.69, 9.17) is 4.74 Å². The fourth-order valence-electron chi connectivity index (χ4n) is 5.13. The minimum Gasteiger partial charge on any atom is -0.494 e. The Kier molecular flexibility index (Phi) is 7.14. The highest BCUT2D eigenvalue weighted by molar-refractivity contribution is 8.00. The standard InChI is InChI=1S/C27H28F2N6O3S/c1-38-21-13-30-20(24(28)29)10-18(21)17-11-22(35-9-8-15-5-6-16(15)26(35)37)31-12-19(17)25(36)32-27-34-33-23(39-27)7-4-14-2-3-14/h10-16,23-24,27,33-34H,2-3,5-6,8-9H2,1H3,(H,32,36). The van der Waals surface area contributed by atoms with Crippen LogP contribution in [0.25, 0.3) is 11.1 Å². The van der Waals surface area contributed by atoms with Gasteiger partial charge in [0.25, 0.3) is 12.3 Å². The SMILES string of the molecule is COc1cnc(C(F)F)cc1-c1cc(N2CCC3CCC3C2=O)ncc1C(=O)NC1NNC(C#CC2CC2)S1. The molecular weight excluding hydrogens is 526 g/mol. The largest absolute Gasteiger partial charge is 0.494 e. The highest BCUT2D eigenvalue weighted by Crippen LogP contribution is 2.43. The number of anilines is 1. The highest BCUT2D eigenvalue weighted by Gasteiger charge is 2.43. The van der Waals surface area contributed by atoms with Crippen LogP contribution in [0.2, 0.25) is 0 Å². The number of hydrogen-bond acceptors (Lipinski definition) is 8. The van der Waals surface area contributed by atoms with Crippen molar-refractivity contribution < 1.29 is 23.1 Å². The first kappa shape index (κ1) is 26.0. The van der Waals surface area contributed by atoms with Gasteiger partial charge in [-0.3, -0.25) is 19.5 Å². The van der Waals surface area contributed by atoms with Crippen molar-refractivity contribution in [3.05, 3.63) is 35.8 Å². The van der Waals surface area contributed by atoms with Crippen molar-refractivity contribution in [3.63, 3.8) is 0 Å². The Bertz CT molecular complexity index is 1360. The van der Waals surface area contributed by atoms with Gasteiger partial charge in [-0.15, -0.1) is 0 Å². The number of nitrogens with zero attached hydrogens (tertiary/aromatic N) is 3. The van der Waals surface area contributed by atoms with Gasteiger partial charge < -0.3 is 10.1 Å². The first-order valence-electron chi connectivity index (χ1n) is 13.0. The Morgan fingerprint density at radius 1 is 1.13 bits per heavy atom. The number of halogens is 2. The van der Waals surface area contributed by atoms with Gasteiger partial charge in [0.15, 0.2) is 0 Å². The number of alkyl halides is 2. The van der Waals surface area contributed by atoms with E-state index in [1.54, 1.807) is 11.0 Å². The Labute approximate surface area is 228 Å². The summed E-state index contributed by atoms with van der Waals surface area (Å²) in [5, 5.41) is 2.72. The molecule has 0 spiro atoms. The zero-order valence-electron chi connectivity index (χ0n) is 21.2. The summed E-state index contributed by atoms with van der Waals surface area (Å²) < 4.78 is 32.7. The van der Waals surface area contributed by atoms with Gasteiger partial charge in [0.1, 0.15) is 28.1 Å². The first-order valence-corrected chi connectivity index (χ1v) is 14.0. The molecule has 2 saturated heterocycles. The summed E-state index contributed by atoms with van der Waals surface area (Å²) in [4.78, 5) is 36.5. The van der Waals surface area contributed by atoms with Crippen molar-refractivity contribution in [3.8, 4) is 28.7 Å². The second-order valence-electron chi connectivity index (χ2n) is 10.1. The van der Waals surface area contributed by atoms with Crippen LogP contribution >= 0.6 is 11.8 Å². The van der Waals surface area contributed by atoms with E-state index >= 15 is 0 Å². The molecule has 12 heteroatoms. The molecule has 4 aliphatic rings. The van der Waals surface area contributed by atoms with Crippen molar-refractivity contribution in [1.82, 2.24) is 26.1 Å². The van der Waals surface area contributed by atoms with Gasteiger partial charge in [0, 0.05) is 35.7 Å². The number of rotatable bonds is 6.